The van der Waals surface area contributed by atoms with Crippen LogP contribution in [0.4, 0.5) is 5.69 Å². The van der Waals surface area contributed by atoms with E-state index in [1.165, 1.54) is 18.4 Å². The van der Waals surface area contributed by atoms with Crippen LogP contribution in [0, 0.1) is 0 Å². The molecule has 1 aliphatic heterocycles. The van der Waals surface area contributed by atoms with Gasteiger partial charge in [0.25, 0.3) is 0 Å². The lowest BCUT2D eigenvalue weighted by atomic mass is 10.1. The first-order chi connectivity index (χ1) is 13.6. The number of carbonyl (C=O) groups is 1. The molecule has 2 N–H and O–H groups in total. The van der Waals surface area contributed by atoms with Crippen LogP contribution in [0.25, 0.3) is 0 Å². The fraction of sp³-hybridized carbons (Fsp3) is 0.619. The number of hydrogen-bond donors (Lipinski definition) is 2. The number of amides is 1. The first-order valence-corrected chi connectivity index (χ1v) is 10.7. The molecule has 1 amide bonds. The van der Waals surface area contributed by atoms with Crippen molar-refractivity contribution in [3.63, 3.8) is 0 Å². The van der Waals surface area contributed by atoms with Gasteiger partial charge in [-0.15, -0.1) is 0 Å². The summed E-state index contributed by atoms with van der Waals surface area (Å²) in [6, 6.07) is 8.54. The van der Waals surface area contributed by atoms with Crippen LogP contribution in [-0.4, -0.2) is 73.8 Å². The Kier molecular flexibility index (Phi) is 10.2. The molecule has 0 atom stereocenters. The normalized spacial score (nSPS) is 14.7. The fourth-order valence-corrected chi connectivity index (χ4v) is 3.45. The van der Waals surface area contributed by atoms with E-state index in [1.54, 1.807) is 7.11 Å². The zero-order valence-corrected chi connectivity index (χ0v) is 18.0. The largest absolute Gasteiger partial charge is 0.385 e. The lowest BCUT2D eigenvalue weighted by molar-refractivity contribution is -0.122. The fourth-order valence-electron chi connectivity index (χ4n) is 3.15. The molecule has 28 heavy (non-hydrogen) atoms. The lowest BCUT2D eigenvalue weighted by Gasteiger charge is -2.35. The SMILES string of the molecule is CCCCc1ccc(NC(=S)N2CCN(CC(=O)NCCCOC)CC2)cc1. The number of nitrogens with zero attached hydrogens (tertiary/aromatic N) is 2. The first-order valence-electron chi connectivity index (χ1n) is 10.2. The molecule has 0 unspecified atom stereocenters. The Labute approximate surface area is 174 Å². The van der Waals surface area contributed by atoms with E-state index in [9.17, 15) is 4.79 Å². The van der Waals surface area contributed by atoms with Gasteiger partial charge in [0.2, 0.25) is 5.91 Å². The minimum Gasteiger partial charge on any atom is -0.385 e. The van der Waals surface area contributed by atoms with Gasteiger partial charge in [0, 0.05) is 52.1 Å². The Bertz CT molecular complexity index is 601. The van der Waals surface area contributed by atoms with Gasteiger partial charge in [0.05, 0.1) is 6.54 Å². The van der Waals surface area contributed by atoms with E-state index in [1.807, 2.05) is 0 Å². The van der Waals surface area contributed by atoms with Crippen LogP contribution in [0.2, 0.25) is 0 Å². The summed E-state index contributed by atoms with van der Waals surface area (Å²) >= 11 is 5.57. The number of benzene rings is 1. The van der Waals surface area contributed by atoms with Crippen LogP contribution in [0.1, 0.15) is 31.7 Å². The van der Waals surface area contributed by atoms with Gasteiger partial charge in [-0.25, -0.2) is 0 Å². The number of anilines is 1. The molecule has 2 rings (SSSR count). The number of piperazine rings is 1. The third-order valence-electron chi connectivity index (χ3n) is 4.90. The molecule has 0 bridgehead atoms. The number of thiocarbonyl (C=S) groups is 1. The van der Waals surface area contributed by atoms with Gasteiger partial charge in [-0.05, 0) is 49.2 Å². The maximum Gasteiger partial charge on any atom is 0.234 e. The van der Waals surface area contributed by atoms with E-state index in [2.05, 4.69) is 51.6 Å². The number of aryl methyl sites for hydroxylation is 1. The summed E-state index contributed by atoms with van der Waals surface area (Å²) in [5.41, 5.74) is 2.40. The minimum absolute atomic E-state index is 0.0772. The average molecular weight is 407 g/mol. The van der Waals surface area contributed by atoms with Crippen molar-refractivity contribution in [3.8, 4) is 0 Å². The predicted octanol–water partition coefficient (Wildman–Crippen LogP) is 2.50. The van der Waals surface area contributed by atoms with Crippen LogP contribution >= 0.6 is 12.2 Å². The van der Waals surface area contributed by atoms with Crippen molar-refractivity contribution in [2.75, 3.05) is 58.3 Å². The molecule has 1 aromatic rings. The maximum atomic E-state index is 12.0. The van der Waals surface area contributed by atoms with Crippen molar-refractivity contribution in [3.05, 3.63) is 29.8 Å². The zero-order chi connectivity index (χ0) is 20.2. The summed E-state index contributed by atoms with van der Waals surface area (Å²) in [6.45, 7) is 7.33. The molecule has 0 aromatic heterocycles. The van der Waals surface area contributed by atoms with Crippen molar-refractivity contribution in [1.29, 1.82) is 0 Å². The number of methoxy groups -OCH3 is 1. The second kappa shape index (κ2) is 12.7. The molecule has 0 spiro atoms. The molecule has 7 heteroatoms. The zero-order valence-electron chi connectivity index (χ0n) is 17.2. The van der Waals surface area contributed by atoms with Crippen molar-refractivity contribution in [1.82, 2.24) is 15.1 Å². The van der Waals surface area contributed by atoms with Crippen molar-refractivity contribution in [2.24, 2.45) is 0 Å². The molecule has 1 heterocycles. The Morgan fingerprint density at radius 2 is 1.86 bits per heavy atom. The van der Waals surface area contributed by atoms with Crippen molar-refractivity contribution >= 4 is 28.9 Å². The molecule has 1 aliphatic rings. The third-order valence-corrected chi connectivity index (χ3v) is 5.26. The van der Waals surface area contributed by atoms with Gasteiger partial charge < -0.3 is 20.3 Å². The summed E-state index contributed by atoms with van der Waals surface area (Å²) in [5.74, 6) is 0.0772. The smallest absolute Gasteiger partial charge is 0.234 e. The van der Waals surface area contributed by atoms with E-state index < -0.39 is 0 Å². The summed E-state index contributed by atoms with van der Waals surface area (Å²) < 4.78 is 4.99. The number of rotatable bonds is 10. The van der Waals surface area contributed by atoms with Gasteiger partial charge in [0.15, 0.2) is 5.11 Å². The standard InChI is InChI=1S/C21H34N4O2S/c1-3-4-6-18-7-9-19(10-8-18)23-21(28)25-14-12-24(13-15-25)17-20(26)22-11-5-16-27-2/h7-10H,3-6,11-17H2,1-2H3,(H,22,26)(H,23,28). The second-order valence-corrected chi connectivity index (χ2v) is 7.58. The van der Waals surface area contributed by atoms with Crippen LogP contribution in [0.5, 0.6) is 0 Å². The number of carbonyl (C=O) groups excluding carboxylic acids is 1. The van der Waals surface area contributed by atoms with Crippen LogP contribution in [0.3, 0.4) is 0 Å². The molecule has 1 fully saturated rings. The Morgan fingerprint density at radius 3 is 2.50 bits per heavy atom. The van der Waals surface area contributed by atoms with Crippen LogP contribution in [0.15, 0.2) is 24.3 Å². The molecule has 1 aromatic carbocycles. The van der Waals surface area contributed by atoms with Gasteiger partial charge in [-0.2, -0.15) is 0 Å². The summed E-state index contributed by atoms with van der Waals surface area (Å²) in [7, 11) is 1.67. The predicted molar refractivity (Wildman–Crippen MR) is 119 cm³/mol. The van der Waals surface area contributed by atoms with Crippen LogP contribution in [-0.2, 0) is 16.0 Å². The highest BCUT2D eigenvalue weighted by Crippen LogP contribution is 2.13. The maximum absolute atomic E-state index is 12.0. The van der Waals surface area contributed by atoms with Crippen molar-refractivity contribution < 1.29 is 9.53 Å². The molecular weight excluding hydrogens is 372 g/mol. The summed E-state index contributed by atoms with van der Waals surface area (Å²) in [5, 5.41) is 7.03. The Morgan fingerprint density at radius 1 is 1.14 bits per heavy atom. The highest BCUT2D eigenvalue weighted by molar-refractivity contribution is 7.80. The summed E-state index contributed by atoms with van der Waals surface area (Å²) in [6.07, 6.45) is 4.41. The third kappa shape index (κ3) is 8.12. The molecule has 0 aliphatic carbocycles. The minimum atomic E-state index is 0.0772. The first kappa shape index (κ1) is 22.6. The molecule has 1 saturated heterocycles. The van der Waals surface area contributed by atoms with E-state index in [-0.39, 0.29) is 5.91 Å². The Balaban J connectivity index is 1.68. The van der Waals surface area contributed by atoms with Crippen molar-refractivity contribution in [2.45, 2.75) is 32.6 Å². The number of ether oxygens (including phenoxy) is 1. The monoisotopic (exact) mass is 406 g/mol. The Hall–Kier alpha value is -1.70. The van der Waals surface area contributed by atoms with E-state index >= 15 is 0 Å². The van der Waals surface area contributed by atoms with E-state index in [4.69, 9.17) is 17.0 Å². The van der Waals surface area contributed by atoms with Gasteiger partial charge in [0.1, 0.15) is 0 Å². The second-order valence-electron chi connectivity index (χ2n) is 7.19. The highest BCUT2D eigenvalue weighted by Gasteiger charge is 2.20. The molecular formula is C21H34N4O2S. The van der Waals surface area contributed by atoms with Crippen LogP contribution < -0.4 is 10.6 Å². The van der Waals surface area contributed by atoms with E-state index in [0.717, 1.165) is 49.8 Å². The highest BCUT2D eigenvalue weighted by atomic mass is 32.1. The molecule has 0 radical (unpaired) electrons. The quantitative estimate of drug-likeness (QED) is 0.460. The molecule has 6 nitrogen and oxygen atoms in total. The average Bonchev–Trinajstić information content (AvgIpc) is 2.71. The number of unbranched alkanes of at least 4 members (excludes halogenated alkanes) is 1. The summed E-state index contributed by atoms with van der Waals surface area (Å²) in [4.78, 5) is 16.3. The van der Waals surface area contributed by atoms with Gasteiger partial charge in [-0.3, -0.25) is 9.69 Å². The topological polar surface area (TPSA) is 56.8 Å². The lowest BCUT2D eigenvalue weighted by Crippen LogP contribution is -2.52. The number of hydrogen-bond acceptors (Lipinski definition) is 4. The van der Waals surface area contributed by atoms with Gasteiger partial charge in [-0.1, -0.05) is 25.5 Å². The van der Waals surface area contributed by atoms with E-state index in [0.29, 0.717) is 19.7 Å². The van der Waals surface area contributed by atoms with Gasteiger partial charge >= 0.3 is 0 Å². The molecule has 156 valence electrons. The number of nitrogens with one attached hydrogen (secondary N) is 2. The molecule has 0 saturated carbocycles.